The van der Waals surface area contributed by atoms with Gasteiger partial charge in [0.2, 0.25) is 0 Å². The summed E-state index contributed by atoms with van der Waals surface area (Å²) in [5.41, 5.74) is 0. The lowest BCUT2D eigenvalue weighted by molar-refractivity contribution is -0.112. The summed E-state index contributed by atoms with van der Waals surface area (Å²) in [6.07, 6.45) is 13.9. The third-order valence-corrected chi connectivity index (χ3v) is 5.18. The molecule has 0 saturated heterocycles. The number of alkyl halides is 3. The average Bonchev–Trinajstić information content (AvgIpc) is 2.40. The second-order valence-corrected chi connectivity index (χ2v) is 8.19. The van der Waals surface area contributed by atoms with Gasteiger partial charge in [0.15, 0.2) is 4.33 Å². The molecule has 0 N–H and O–H groups in total. The second kappa shape index (κ2) is 13.3. The van der Waals surface area contributed by atoms with Crippen LogP contribution in [0.5, 0.6) is 0 Å². The summed E-state index contributed by atoms with van der Waals surface area (Å²) in [7, 11) is 0. The summed E-state index contributed by atoms with van der Waals surface area (Å²) in [5, 5.41) is -0.948. The van der Waals surface area contributed by atoms with Crippen molar-refractivity contribution in [3.05, 3.63) is 0 Å². The number of unbranched alkanes of at least 4 members (excludes halogenated alkanes) is 9. The molecule has 0 aromatic heterocycles. The molecule has 1 atom stereocenters. The molecule has 0 aromatic carbocycles. The van der Waals surface area contributed by atoms with Crippen LogP contribution >= 0.6 is 46.4 Å². The first kappa shape index (κ1) is 21.8. The third-order valence-electron chi connectivity index (χ3n) is 3.64. The molecule has 0 fully saturated rings. The minimum atomic E-state index is -1.55. The first-order valence-electron chi connectivity index (χ1n) is 8.12. The fourth-order valence-corrected chi connectivity index (χ4v) is 3.31. The molecule has 5 heteroatoms. The van der Waals surface area contributed by atoms with Gasteiger partial charge in [-0.15, -0.1) is 11.6 Å². The van der Waals surface area contributed by atoms with E-state index in [-0.39, 0.29) is 11.8 Å². The molecule has 0 amide bonds. The Hall–Kier alpha value is 0.830. The number of carbonyl (C=O) groups is 1. The highest BCUT2D eigenvalue weighted by Crippen LogP contribution is 2.32. The van der Waals surface area contributed by atoms with E-state index in [1.165, 1.54) is 57.8 Å². The van der Waals surface area contributed by atoms with Crippen molar-refractivity contribution in [1.82, 2.24) is 0 Å². The number of hydrogen-bond donors (Lipinski definition) is 0. The van der Waals surface area contributed by atoms with Crippen LogP contribution in [0.15, 0.2) is 0 Å². The molecule has 0 aromatic rings. The molecule has 1 nitrogen and oxygen atoms in total. The summed E-state index contributed by atoms with van der Waals surface area (Å²) < 4.78 is -1.55. The Bertz CT molecular complexity index is 269. The normalized spacial score (nSPS) is 13.4. The topological polar surface area (TPSA) is 17.1 Å². The number of rotatable bonds is 14. The van der Waals surface area contributed by atoms with E-state index in [4.69, 9.17) is 46.4 Å². The van der Waals surface area contributed by atoms with Crippen LogP contribution in [0.3, 0.4) is 0 Å². The summed E-state index contributed by atoms with van der Waals surface area (Å²) >= 11 is 23.1. The molecule has 0 heterocycles. The zero-order chi connectivity index (χ0) is 16.1. The van der Waals surface area contributed by atoms with E-state index in [0.29, 0.717) is 0 Å². The molecule has 0 aliphatic carbocycles. The molecule has 0 aliphatic heterocycles. The molecule has 0 aliphatic rings. The van der Waals surface area contributed by atoms with Crippen molar-refractivity contribution < 1.29 is 4.79 Å². The molecule has 21 heavy (non-hydrogen) atoms. The van der Waals surface area contributed by atoms with Gasteiger partial charge in [0.05, 0.1) is 0 Å². The predicted molar refractivity (Wildman–Crippen MR) is 96.0 cm³/mol. The first-order valence-corrected chi connectivity index (χ1v) is 9.69. The highest BCUT2D eigenvalue weighted by atomic mass is 35.5. The van der Waals surface area contributed by atoms with Crippen LogP contribution in [0.2, 0.25) is 0 Å². The van der Waals surface area contributed by atoms with Gasteiger partial charge in [-0.2, -0.15) is 0 Å². The summed E-state index contributed by atoms with van der Waals surface area (Å²) in [5.74, 6) is 0. The van der Waals surface area contributed by atoms with Crippen LogP contribution in [0.1, 0.15) is 84.0 Å². The maximum absolute atomic E-state index is 11.0. The van der Waals surface area contributed by atoms with Crippen LogP contribution in [0, 0.1) is 0 Å². The van der Waals surface area contributed by atoms with Gasteiger partial charge in [-0.1, -0.05) is 94.3 Å². The van der Waals surface area contributed by atoms with Crippen molar-refractivity contribution in [1.29, 1.82) is 0 Å². The maximum atomic E-state index is 11.0. The average molecular weight is 378 g/mol. The largest absolute Gasteiger partial charge is 0.278 e. The molecular weight excluding hydrogens is 350 g/mol. The second-order valence-electron chi connectivity index (χ2n) is 5.75. The van der Waals surface area contributed by atoms with Crippen LogP contribution in [0.25, 0.3) is 0 Å². The van der Waals surface area contributed by atoms with E-state index in [2.05, 4.69) is 6.92 Å². The van der Waals surface area contributed by atoms with Gasteiger partial charge in [-0.25, -0.2) is 0 Å². The van der Waals surface area contributed by atoms with E-state index in [1.54, 1.807) is 0 Å². The monoisotopic (exact) mass is 376 g/mol. The lowest BCUT2D eigenvalue weighted by Crippen LogP contribution is -2.25. The minimum Gasteiger partial charge on any atom is -0.278 e. The summed E-state index contributed by atoms with van der Waals surface area (Å²) in [6.45, 7) is 2.24. The Morgan fingerprint density at radius 3 is 1.76 bits per heavy atom. The van der Waals surface area contributed by atoms with E-state index in [1.807, 2.05) is 0 Å². The Labute approximate surface area is 150 Å². The molecule has 0 rings (SSSR count). The lowest BCUT2D eigenvalue weighted by Gasteiger charge is -2.18. The van der Waals surface area contributed by atoms with Crippen molar-refractivity contribution in [2.24, 2.45) is 0 Å². The standard InChI is InChI=1S/C16H28Cl4O/c1-2-3-4-5-6-7-8-9-10-11-12-14(17)13-16(19,20)15(18)21/h14H,2-13H2,1H3. The van der Waals surface area contributed by atoms with E-state index in [9.17, 15) is 4.79 Å². The van der Waals surface area contributed by atoms with Gasteiger partial charge in [0.25, 0.3) is 5.24 Å². The van der Waals surface area contributed by atoms with Gasteiger partial charge in [-0.05, 0) is 18.0 Å². The van der Waals surface area contributed by atoms with Crippen molar-refractivity contribution in [3.63, 3.8) is 0 Å². The Balaban J connectivity index is 3.40. The van der Waals surface area contributed by atoms with Gasteiger partial charge < -0.3 is 0 Å². The van der Waals surface area contributed by atoms with E-state index >= 15 is 0 Å². The van der Waals surface area contributed by atoms with Crippen LogP contribution in [-0.2, 0) is 4.79 Å². The summed E-state index contributed by atoms with van der Waals surface area (Å²) in [4.78, 5) is 11.0. The van der Waals surface area contributed by atoms with Crippen LogP contribution < -0.4 is 0 Å². The Morgan fingerprint density at radius 1 is 0.905 bits per heavy atom. The zero-order valence-electron chi connectivity index (χ0n) is 13.0. The smallest absolute Gasteiger partial charge is 0.257 e. The van der Waals surface area contributed by atoms with Crippen LogP contribution in [0.4, 0.5) is 0 Å². The molecule has 1 unspecified atom stereocenters. The highest BCUT2D eigenvalue weighted by Gasteiger charge is 2.34. The Morgan fingerprint density at radius 2 is 1.33 bits per heavy atom. The van der Waals surface area contributed by atoms with Crippen molar-refractivity contribution in [3.8, 4) is 0 Å². The SMILES string of the molecule is CCCCCCCCCCCCC(Cl)CC(Cl)(Cl)C(=O)Cl. The number of hydrogen-bond acceptors (Lipinski definition) is 1. The van der Waals surface area contributed by atoms with Crippen molar-refractivity contribution in [2.75, 3.05) is 0 Å². The van der Waals surface area contributed by atoms with Gasteiger partial charge in [0.1, 0.15) is 0 Å². The highest BCUT2D eigenvalue weighted by molar-refractivity contribution is 6.78. The van der Waals surface area contributed by atoms with Gasteiger partial charge in [-0.3, -0.25) is 4.79 Å². The lowest BCUT2D eigenvalue weighted by atomic mass is 10.0. The fraction of sp³-hybridized carbons (Fsp3) is 0.938. The summed E-state index contributed by atoms with van der Waals surface area (Å²) in [6, 6.07) is 0. The maximum Gasteiger partial charge on any atom is 0.257 e. The van der Waals surface area contributed by atoms with E-state index < -0.39 is 9.58 Å². The zero-order valence-corrected chi connectivity index (χ0v) is 16.0. The predicted octanol–water partition coefficient (Wildman–Crippen LogP) is 7.23. The molecule has 0 spiro atoms. The quantitative estimate of drug-likeness (QED) is 0.177. The number of halogens is 4. The van der Waals surface area contributed by atoms with Crippen molar-refractivity contribution >= 4 is 51.6 Å². The van der Waals surface area contributed by atoms with Gasteiger partial charge >= 0.3 is 0 Å². The first-order chi connectivity index (χ1) is 9.90. The molecule has 0 bridgehead atoms. The molecule has 126 valence electrons. The van der Waals surface area contributed by atoms with Crippen LogP contribution in [-0.4, -0.2) is 15.0 Å². The van der Waals surface area contributed by atoms with E-state index in [0.717, 1.165) is 12.8 Å². The van der Waals surface area contributed by atoms with Crippen molar-refractivity contribution in [2.45, 2.75) is 93.7 Å². The minimum absolute atomic E-state index is 0.197. The third kappa shape index (κ3) is 13.0. The molecule has 0 saturated carbocycles. The fourth-order valence-electron chi connectivity index (χ4n) is 2.31. The Kier molecular flexibility index (Phi) is 13.8. The molecule has 0 radical (unpaired) electrons. The van der Waals surface area contributed by atoms with Gasteiger partial charge in [0, 0.05) is 11.8 Å². The number of carbonyl (C=O) groups excluding carboxylic acids is 1. The molecular formula is C16H28Cl4O.